The maximum absolute atomic E-state index is 2.49. The molecule has 0 aliphatic heterocycles. The van der Waals surface area contributed by atoms with Crippen molar-refractivity contribution in [3.63, 3.8) is 0 Å². The molecule has 1 heterocycles. The first kappa shape index (κ1) is 34.4. The van der Waals surface area contributed by atoms with Crippen LogP contribution in [0.15, 0.2) is 194 Å². The molecule has 2 aliphatic carbocycles. The molecule has 0 saturated carbocycles. The first-order valence-electron chi connectivity index (χ1n) is 20.4. The molecular formula is C56H44N2. The molecule has 0 radical (unpaired) electrons. The molecule has 2 nitrogen and oxygen atoms in total. The van der Waals surface area contributed by atoms with E-state index in [1.807, 2.05) is 0 Å². The predicted molar refractivity (Wildman–Crippen MR) is 244 cm³/mol. The van der Waals surface area contributed by atoms with Crippen molar-refractivity contribution in [1.82, 2.24) is 4.57 Å². The SMILES string of the molecule is CC1(C)c2ccccc2-c2ccc(N(c3ccccc3)c3ccc(-c4ccc5c(c4)c4c(n5-c5ccc(-c6ccccc6)cc5)-c5ccccc5C4(C)C)cc3)cc21. The Morgan fingerprint density at radius 3 is 1.62 bits per heavy atom. The molecule has 0 fully saturated rings. The summed E-state index contributed by atoms with van der Waals surface area (Å²) in [6, 6.07) is 71.5. The Kier molecular flexibility index (Phi) is 7.59. The van der Waals surface area contributed by atoms with Gasteiger partial charge in [0.05, 0.1) is 11.2 Å². The summed E-state index contributed by atoms with van der Waals surface area (Å²) in [6.45, 7) is 9.48. The average Bonchev–Trinajstić information content (AvgIpc) is 3.82. The summed E-state index contributed by atoms with van der Waals surface area (Å²) in [4.78, 5) is 2.39. The van der Waals surface area contributed by atoms with Crippen molar-refractivity contribution in [3.8, 4) is 50.3 Å². The van der Waals surface area contributed by atoms with Gasteiger partial charge in [0.25, 0.3) is 0 Å². The van der Waals surface area contributed by atoms with E-state index in [0.717, 1.165) is 17.1 Å². The van der Waals surface area contributed by atoms with Gasteiger partial charge < -0.3 is 9.47 Å². The van der Waals surface area contributed by atoms with Gasteiger partial charge in [-0.1, -0.05) is 161 Å². The third-order valence-electron chi connectivity index (χ3n) is 13.0. The number of rotatable bonds is 6. The lowest BCUT2D eigenvalue weighted by molar-refractivity contribution is 0.660. The van der Waals surface area contributed by atoms with E-state index in [-0.39, 0.29) is 10.8 Å². The maximum Gasteiger partial charge on any atom is 0.0584 e. The Hall–Kier alpha value is -6.90. The van der Waals surface area contributed by atoms with Gasteiger partial charge in [0.2, 0.25) is 0 Å². The van der Waals surface area contributed by atoms with Crippen LogP contribution in [0.25, 0.3) is 61.2 Å². The van der Waals surface area contributed by atoms with Gasteiger partial charge in [0.15, 0.2) is 0 Å². The quantitative estimate of drug-likeness (QED) is 0.165. The Morgan fingerprint density at radius 1 is 0.379 bits per heavy atom. The first-order chi connectivity index (χ1) is 28.3. The Labute approximate surface area is 341 Å². The fraction of sp³-hybridized carbons (Fsp3) is 0.107. The second-order valence-electron chi connectivity index (χ2n) is 17.0. The lowest BCUT2D eigenvalue weighted by atomic mass is 9.81. The van der Waals surface area contributed by atoms with E-state index >= 15 is 0 Å². The van der Waals surface area contributed by atoms with Gasteiger partial charge in [0.1, 0.15) is 0 Å². The van der Waals surface area contributed by atoms with Crippen LogP contribution in [0.2, 0.25) is 0 Å². The van der Waals surface area contributed by atoms with Crippen LogP contribution >= 0.6 is 0 Å². The lowest BCUT2D eigenvalue weighted by Gasteiger charge is -2.28. The van der Waals surface area contributed by atoms with Crippen LogP contribution in [0.5, 0.6) is 0 Å². The second-order valence-corrected chi connectivity index (χ2v) is 17.0. The number of anilines is 3. The highest BCUT2D eigenvalue weighted by molar-refractivity contribution is 6.01. The molecule has 0 N–H and O–H groups in total. The molecule has 0 unspecified atom stereocenters. The van der Waals surface area contributed by atoms with Crippen LogP contribution < -0.4 is 4.90 Å². The standard InChI is InChI=1S/C56H44N2/c1-55(2)49-21-13-11-19-45(49)46-33-32-44(36-51(46)55)57(41-17-9-6-10-18-41)42-28-25-39(26-29-42)40-27-34-52-48(35-40)53-54(47-20-12-14-22-50(47)56(53,3)4)58(52)43-30-23-38(24-31-43)37-15-7-5-8-16-37/h5-36H,1-4H3. The molecule has 0 bridgehead atoms. The molecule has 0 atom stereocenters. The number of hydrogen-bond acceptors (Lipinski definition) is 1. The van der Waals surface area contributed by atoms with Crippen LogP contribution in [-0.2, 0) is 10.8 Å². The molecule has 0 spiro atoms. The average molecular weight is 745 g/mol. The summed E-state index contributed by atoms with van der Waals surface area (Å²) < 4.78 is 2.49. The van der Waals surface area contributed by atoms with Crippen molar-refractivity contribution in [2.24, 2.45) is 0 Å². The smallest absolute Gasteiger partial charge is 0.0584 e. The van der Waals surface area contributed by atoms with E-state index < -0.39 is 0 Å². The maximum atomic E-state index is 2.49. The van der Waals surface area contributed by atoms with E-state index in [9.17, 15) is 0 Å². The van der Waals surface area contributed by atoms with E-state index in [0.29, 0.717) is 0 Å². The summed E-state index contributed by atoms with van der Waals surface area (Å²) in [5.41, 5.74) is 21.3. The monoisotopic (exact) mass is 744 g/mol. The van der Waals surface area contributed by atoms with Gasteiger partial charge in [-0.2, -0.15) is 0 Å². The van der Waals surface area contributed by atoms with Crippen molar-refractivity contribution < 1.29 is 0 Å². The van der Waals surface area contributed by atoms with E-state index in [2.05, 4.69) is 231 Å². The zero-order valence-corrected chi connectivity index (χ0v) is 33.4. The van der Waals surface area contributed by atoms with Gasteiger partial charge in [-0.15, -0.1) is 0 Å². The minimum absolute atomic E-state index is 0.0759. The zero-order valence-electron chi connectivity index (χ0n) is 33.4. The normalized spacial score (nSPS) is 14.1. The topological polar surface area (TPSA) is 8.17 Å². The van der Waals surface area contributed by atoms with E-state index in [4.69, 9.17) is 0 Å². The van der Waals surface area contributed by atoms with Crippen LogP contribution in [-0.4, -0.2) is 4.57 Å². The number of aromatic nitrogens is 1. The molecule has 1 aromatic heterocycles. The fourth-order valence-electron chi connectivity index (χ4n) is 10.1. The van der Waals surface area contributed by atoms with Gasteiger partial charge in [0, 0.05) is 44.5 Å². The van der Waals surface area contributed by atoms with Gasteiger partial charge in [-0.25, -0.2) is 0 Å². The molecule has 8 aromatic carbocycles. The van der Waals surface area contributed by atoms with E-state index in [1.165, 1.54) is 83.5 Å². The van der Waals surface area contributed by atoms with Gasteiger partial charge in [-0.05, 0) is 116 Å². The summed E-state index contributed by atoms with van der Waals surface area (Å²) >= 11 is 0. The van der Waals surface area contributed by atoms with Gasteiger partial charge >= 0.3 is 0 Å². The number of fused-ring (bicyclic) bond motifs is 8. The Balaban J connectivity index is 1.01. The second kappa shape index (κ2) is 12.8. The number of hydrogen-bond donors (Lipinski definition) is 0. The fourth-order valence-corrected chi connectivity index (χ4v) is 10.1. The molecule has 9 aromatic rings. The molecule has 0 saturated heterocycles. The van der Waals surface area contributed by atoms with E-state index in [1.54, 1.807) is 0 Å². The minimum atomic E-state index is -0.149. The highest BCUT2D eigenvalue weighted by Gasteiger charge is 2.40. The highest BCUT2D eigenvalue weighted by atomic mass is 15.1. The molecular weight excluding hydrogens is 701 g/mol. The van der Waals surface area contributed by atoms with Crippen LogP contribution in [0.4, 0.5) is 17.1 Å². The number of para-hydroxylation sites is 1. The highest BCUT2D eigenvalue weighted by Crippen LogP contribution is 2.54. The molecule has 58 heavy (non-hydrogen) atoms. The van der Waals surface area contributed by atoms with Crippen LogP contribution in [0.1, 0.15) is 49.9 Å². The summed E-state index contributed by atoms with van der Waals surface area (Å²) in [7, 11) is 0. The Morgan fingerprint density at radius 2 is 0.897 bits per heavy atom. The van der Waals surface area contributed by atoms with Gasteiger partial charge in [-0.3, -0.25) is 0 Å². The van der Waals surface area contributed by atoms with Crippen molar-refractivity contribution in [2.45, 2.75) is 38.5 Å². The zero-order chi connectivity index (χ0) is 39.2. The lowest BCUT2D eigenvalue weighted by Crippen LogP contribution is -2.16. The molecule has 278 valence electrons. The number of benzene rings is 8. The molecule has 0 amide bonds. The minimum Gasteiger partial charge on any atom is -0.310 e. The molecule has 2 heteroatoms. The predicted octanol–water partition coefficient (Wildman–Crippen LogP) is 15.0. The molecule has 2 aliphatic rings. The van der Waals surface area contributed by atoms with Crippen molar-refractivity contribution in [1.29, 1.82) is 0 Å². The van der Waals surface area contributed by atoms with Crippen molar-refractivity contribution >= 4 is 28.0 Å². The third kappa shape index (κ3) is 5.11. The van der Waals surface area contributed by atoms with Crippen molar-refractivity contribution in [3.05, 3.63) is 216 Å². The summed E-state index contributed by atoms with van der Waals surface area (Å²) in [6.07, 6.45) is 0. The van der Waals surface area contributed by atoms with Crippen molar-refractivity contribution in [2.75, 3.05) is 4.90 Å². The van der Waals surface area contributed by atoms with Crippen LogP contribution in [0, 0.1) is 0 Å². The summed E-state index contributed by atoms with van der Waals surface area (Å²) in [5, 5.41) is 1.30. The first-order valence-corrected chi connectivity index (χ1v) is 20.4. The van der Waals surface area contributed by atoms with Crippen LogP contribution in [0.3, 0.4) is 0 Å². The third-order valence-corrected chi connectivity index (χ3v) is 13.0. The molecule has 11 rings (SSSR count). The Bertz CT molecular complexity index is 3020. The summed E-state index contributed by atoms with van der Waals surface area (Å²) in [5.74, 6) is 0. The number of nitrogens with zero attached hydrogens (tertiary/aromatic N) is 2. The largest absolute Gasteiger partial charge is 0.310 e.